The molecule has 1 saturated carbocycles. The predicted octanol–water partition coefficient (Wildman–Crippen LogP) is 4.25. The minimum Gasteiger partial charge on any atom is -0.353 e. The molecule has 1 aromatic carbocycles. The summed E-state index contributed by atoms with van der Waals surface area (Å²) in [5, 5.41) is 15.8. The molecule has 0 spiro atoms. The highest BCUT2D eigenvalue weighted by Gasteiger charge is 2.21. The highest BCUT2D eigenvalue weighted by molar-refractivity contribution is 7.99. The second-order valence-corrected chi connectivity index (χ2v) is 9.00. The Kier molecular flexibility index (Phi) is 8.02. The van der Waals surface area contributed by atoms with Crippen molar-refractivity contribution in [3.8, 4) is 0 Å². The van der Waals surface area contributed by atoms with Crippen molar-refractivity contribution in [2.45, 2.75) is 63.3 Å². The van der Waals surface area contributed by atoms with Crippen LogP contribution in [0, 0.1) is 0 Å². The molecule has 2 aromatic rings. The van der Waals surface area contributed by atoms with E-state index in [1.165, 1.54) is 30.7 Å². The molecule has 10 heteroatoms. The number of benzene rings is 1. The summed E-state index contributed by atoms with van der Waals surface area (Å²) in [6.07, 6.45) is 4.47. The fraction of sp³-hybridized carbons (Fsp3) is 0.500. The molecular weight excluding hydrogens is 445 g/mol. The fourth-order valence-corrected chi connectivity index (χ4v) is 4.59. The Morgan fingerprint density at radius 1 is 1.23 bits per heavy atom. The number of carbonyl (C=O) groups is 2. The van der Waals surface area contributed by atoms with Crippen LogP contribution in [0.2, 0.25) is 10.0 Å². The maximum Gasteiger partial charge on any atom is 0.251 e. The molecule has 0 radical (unpaired) electrons. The van der Waals surface area contributed by atoms with Gasteiger partial charge in [0.25, 0.3) is 5.91 Å². The molecule has 0 bridgehead atoms. The van der Waals surface area contributed by atoms with Crippen LogP contribution in [-0.2, 0) is 11.3 Å². The normalized spacial score (nSPS) is 15.2. The molecule has 2 amide bonds. The summed E-state index contributed by atoms with van der Waals surface area (Å²) >= 11 is 13.3. The lowest BCUT2D eigenvalue weighted by Gasteiger charge is -2.15. The number of rotatable bonds is 8. The summed E-state index contributed by atoms with van der Waals surface area (Å²) in [5.41, 5.74) is 0.414. The van der Waals surface area contributed by atoms with Crippen molar-refractivity contribution in [1.82, 2.24) is 25.4 Å². The summed E-state index contributed by atoms with van der Waals surface area (Å²) in [6, 6.07) is 4.66. The predicted molar refractivity (Wildman–Crippen MR) is 119 cm³/mol. The van der Waals surface area contributed by atoms with E-state index in [4.69, 9.17) is 23.2 Å². The average molecular weight is 470 g/mol. The minimum absolute atomic E-state index is 0.0140. The van der Waals surface area contributed by atoms with Crippen LogP contribution in [0.15, 0.2) is 23.4 Å². The zero-order valence-electron chi connectivity index (χ0n) is 17.0. The first-order valence-electron chi connectivity index (χ1n) is 10.00. The van der Waals surface area contributed by atoms with Gasteiger partial charge in [0.1, 0.15) is 0 Å². The summed E-state index contributed by atoms with van der Waals surface area (Å²) in [4.78, 5) is 24.7. The molecule has 2 N–H and O–H groups in total. The number of nitrogens with zero attached hydrogens (tertiary/aromatic N) is 3. The Bertz CT molecular complexity index is 915. The van der Waals surface area contributed by atoms with Gasteiger partial charge in [0, 0.05) is 18.2 Å². The lowest BCUT2D eigenvalue weighted by Crippen LogP contribution is -2.33. The molecule has 162 valence electrons. The molecule has 1 atom stereocenters. The highest BCUT2D eigenvalue weighted by Crippen LogP contribution is 2.24. The van der Waals surface area contributed by atoms with Gasteiger partial charge in [0.2, 0.25) is 5.91 Å². The van der Waals surface area contributed by atoms with Gasteiger partial charge < -0.3 is 15.2 Å². The van der Waals surface area contributed by atoms with Gasteiger partial charge >= 0.3 is 0 Å². The van der Waals surface area contributed by atoms with E-state index in [2.05, 4.69) is 20.8 Å². The number of carbonyl (C=O) groups excluding carboxylic acids is 2. The molecule has 30 heavy (non-hydrogen) atoms. The molecule has 1 heterocycles. The maximum absolute atomic E-state index is 12.5. The zero-order chi connectivity index (χ0) is 21.7. The Morgan fingerprint density at radius 3 is 2.63 bits per heavy atom. The lowest BCUT2D eigenvalue weighted by atomic mass is 10.2. The molecule has 1 fully saturated rings. The molecular formula is C20H25Cl2N5O2S. The highest BCUT2D eigenvalue weighted by atomic mass is 35.5. The van der Waals surface area contributed by atoms with Gasteiger partial charge in [0.15, 0.2) is 11.0 Å². The van der Waals surface area contributed by atoms with E-state index < -0.39 is 0 Å². The summed E-state index contributed by atoms with van der Waals surface area (Å²) in [6.45, 7) is 4.44. The fourth-order valence-electron chi connectivity index (χ4n) is 3.48. The molecule has 3 rings (SSSR count). The number of thioether (sulfide) groups is 1. The average Bonchev–Trinajstić information content (AvgIpc) is 3.37. The molecule has 0 unspecified atom stereocenters. The zero-order valence-corrected chi connectivity index (χ0v) is 19.3. The summed E-state index contributed by atoms with van der Waals surface area (Å²) in [7, 11) is 0. The first-order chi connectivity index (χ1) is 14.4. The second-order valence-electron chi connectivity index (χ2n) is 7.25. The number of amides is 2. The standard InChI is InChI=1S/C20H25Cl2N5O2S/c1-3-27-18(12(2)23-19(29)13-8-9-15(21)16(22)10-13)25-26-20(27)30-11-17(28)24-14-6-4-5-7-14/h8-10,12,14H,3-7,11H2,1-2H3,(H,23,29)(H,24,28)/t12-/m0/s1. The largest absolute Gasteiger partial charge is 0.353 e. The Hall–Kier alpha value is -1.77. The van der Waals surface area contributed by atoms with Gasteiger partial charge in [-0.25, -0.2) is 0 Å². The van der Waals surface area contributed by atoms with Crippen LogP contribution in [-0.4, -0.2) is 38.4 Å². The van der Waals surface area contributed by atoms with Crippen LogP contribution in [0.1, 0.15) is 61.8 Å². The Balaban J connectivity index is 1.61. The van der Waals surface area contributed by atoms with Gasteiger partial charge in [-0.05, 0) is 44.9 Å². The Labute approximate surface area is 190 Å². The van der Waals surface area contributed by atoms with Crippen LogP contribution in [0.3, 0.4) is 0 Å². The SMILES string of the molecule is CCn1c(SCC(=O)NC2CCCC2)nnc1[C@H](C)NC(=O)c1ccc(Cl)c(Cl)c1. The van der Waals surface area contributed by atoms with Crippen molar-refractivity contribution in [2.75, 3.05) is 5.75 Å². The van der Waals surface area contributed by atoms with Crippen molar-refractivity contribution in [3.63, 3.8) is 0 Å². The molecule has 1 aliphatic carbocycles. The monoisotopic (exact) mass is 469 g/mol. The summed E-state index contributed by atoms with van der Waals surface area (Å²) in [5.74, 6) is 0.653. The van der Waals surface area contributed by atoms with E-state index in [0.29, 0.717) is 44.9 Å². The van der Waals surface area contributed by atoms with Crippen molar-refractivity contribution in [3.05, 3.63) is 39.6 Å². The van der Waals surface area contributed by atoms with Crippen molar-refractivity contribution in [1.29, 1.82) is 0 Å². The number of halogens is 2. The minimum atomic E-state index is -0.374. The van der Waals surface area contributed by atoms with E-state index in [1.54, 1.807) is 12.1 Å². The smallest absolute Gasteiger partial charge is 0.251 e. The lowest BCUT2D eigenvalue weighted by molar-refractivity contribution is -0.119. The third-order valence-corrected chi connectivity index (χ3v) is 6.74. The molecule has 0 saturated heterocycles. The second kappa shape index (κ2) is 10.5. The third kappa shape index (κ3) is 5.68. The van der Waals surface area contributed by atoms with Crippen molar-refractivity contribution >= 4 is 46.8 Å². The summed E-state index contributed by atoms with van der Waals surface area (Å²) < 4.78 is 1.91. The van der Waals surface area contributed by atoms with E-state index in [-0.39, 0.29) is 17.9 Å². The third-order valence-electron chi connectivity index (χ3n) is 5.03. The molecule has 1 aliphatic rings. The van der Waals surface area contributed by atoms with Gasteiger partial charge in [-0.3, -0.25) is 9.59 Å². The van der Waals surface area contributed by atoms with Crippen LogP contribution in [0.4, 0.5) is 0 Å². The van der Waals surface area contributed by atoms with E-state index in [9.17, 15) is 9.59 Å². The topological polar surface area (TPSA) is 88.9 Å². The first-order valence-corrected chi connectivity index (χ1v) is 11.7. The van der Waals surface area contributed by atoms with Gasteiger partial charge in [-0.1, -0.05) is 47.8 Å². The van der Waals surface area contributed by atoms with E-state index >= 15 is 0 Å². The molecule has 7 nitrogen and oxygen atoms in total. The number of aromatic nitrogens is 3. The van der Waals surface area contributed by atoms with Crippen LogP contribution >= 0.6 is 35.0 Å². The molecule has 0 aliphatic heterocycles. The van der Waals surface area contributed by atoms with E-state index in [0.717, 1.165) is 12.8 Å². The first kappa shape index (κ1) is 22.9. The van der Waals surface area contributed by atoms with Crippen LogP contribution < -0.4 is 10.6 Å². The maximum atomic E-state index is 12.5. The van der Waals surface area contributed by atoms with Crippen LogP contribution in [0.25, 0.3) is 0 Å². The van der Waals surface area contributed by atoms with Gasteiger partial charge in [-0.15, -0.1) is 10.2 Å². The number of nitrogens with one attached hydrogen (secondary N) is 2. The van der Waals surface area contributed by atoms with Crippen molar-refractivity contribution < 1.29 is 9.59 Å². The van der Waals surface area contributed by atoms with Gasteiger partial charge in [0.05, 0.1) is 21.8 Å². The number of hydrogen-bond donors (Lipinski definition) is 2. The van der Waals surface area contributed by atoms with Crippen LogP contribution in [0.5, 0.6) is 0 Å². The van der Waals surface area contributed by atoms with E-state index in [1.807, 2.05) is 18.4 Å². The Morgan fingerprint density at radius 2 is 1.97 bits per heavy atom. The van der Waals surface area contributed by atoms with Gasteiger partial charge in [-0.2, -0.15) is 0 Å². The molecule has 1 aromatic heterocycles. The van der Waals surface area contributed by atoms with Crippen molar-refractivity contribution in [2.24, 2.45) is 0 Å². The number of hydrogen-bond acceptors (Lipinski definition) is 5. The quantitative estimate of drug-likeness (QED) is 0.564.